The molecule has 2 aliphatic carbocycles. The fourth-order valence-electron chi connectivity index (χ4n) is 6.25. The van der Waals surface area contributed by atoms with Crippen LogP contribution >= 0.6 is 0 Å². The monoisotopic (exact) mass is 433 g/mol. The Morgan fingerprint density at radius 3 is 2.31 bits per heavy atom. The van der Waals surface area contributed by atoms with Crippen molar-refractivity contribution in [2.24, 2.45) is 17.3 Å². The number of piperidine rings is 1. The Kier molecular flexibility index (Phi) is 5.23. The van der Waals surface area contributed by atoms with Gasteiger partial charge in [0.05, 0.1) is 5.92 Å². The van der Waals surface area contributed by atoms with Crippen LogP contribution in [0.2, 0.25) is 0 Å². The summed E-state index contributed by atoms with van der Waals surface area (Å²) in [4.78, 5) is 26.8. The number of nitrogens with zero attached hydrogens (tertiary/aromatic N) is 1. The van der Waals surface area contributed by atoms with Gasteiger partial charge < -0.3 is 14.7 Å². The third-order valence-corrected chi connectivity index (χ3v) is 7.80. The zero-order valence-corrected chi connectivity index (χ0v) is 18.8. The highest BCUT2D eigenvalue weighted by Gasteiger charge is 2.46. The van der Waals surface area contributed by atoms with Gasteiger partial charge in [0.15, 0.2) is 0 Å². The lowest BCUT2D eigenvalue weighted by atomic mass is 9.65. The van der Waals surface area contributed by atoms with Gasteiger partial charge in [0.1, 0.15) is 6.61 Å². The highest BCUT2D eigenvalue weighted by molar-refractivity contribution is 5.79. The van der Waals surface area contributed by atoms with E-state index in [0.717, 1.165) is 19.3 Å². The molecule has 1 aliphatic heterocycles. The van der Waals surface area contributed by atoms with E-state index in [-0.39, 0.29) is 42.5 Å². The van der Waals surface area contributed by atoms with Gasteiger partial charge in [-0.2, -0.15) is 0 Å². The van der Waals surface area contributed by atoms with Gasteiger partial charge >= 0.3 is 12.1 Å². The summed E-state index contributed by atoms with van der Waals surface area (Å²) in [5.74, 6) is -1.12. The summed E-state index contributed by atoms with van der Waals surface area (Å²) in [5, 5.41) is 9.70. The molecule has 1 saturated carbocycles. The Bertz CT molecular complexity index is 1000. The molecule has 0 spiro atoms. The first-order valence-electron chi connectivity index (χ1n) is 11.7. The van der Waals surface area contributed by atoms with Crippen LogP contribution < -0.4 is 0 Å². The highest BCUT2D eigenvalue weighted by Crippen LogP contribution is 2.47. The molecule has 1 saturated heterocycles. The Labute approximate surface area is 189 Å². The second-order valence-electron chi connectivity index (χ2n) is 10.5. The number of carbonyl (C=O) groups is 2. The number of rotatable bonds is 3. The molecule has 5 rings (SSSR count). The maximum absolute atomic E-state index is 13.3. The fraction of sp³-hybridized carbons (Fsp3) is 0.481. The molecule has 1 N–H and O–H groups in total. The molecule has 32 heavy (non-hydrogen) atoms. The molecule has 1 heterocycles. The van der Waals surface area contributed by atoms with E-state index in [2.05, 4.69) is 38.1 Å². The fourth-order valence-corrected chi connectivity index (χ4v) is 6.25. The number of fused-ring (bicyclic) bond motifs is 4. The predicted octanol–water partition coefficient (Wildman–Crippen LogP) is 5.54. The molecule has 1 amide bonds. The zero-order chi connectivity index (χ0) is 22.5. The maximum atomic E-state index is 13.3. The summed E-state index contributed by atoms with van der Waals surface area (Å²) in [6.07, 6.45) is 3.19. The first-order valence-corrected chi connectivity index (χ1v) is 11.7. The first kappa shape index (κ1) is 21.0. The number of aliphatic carboxylic acids is 1. The van der Waals surface area contributed by atoms with Gasteiger partial charge in [-0.3, -0.25) is 4.79 Å². The van der Waals surface area contributed by atoms with Crippen LogP contribution in [0.15, 0.2) is 48.5 Å². The SMILES string of the molecule is CC1(C)CCC2C(CC(C(=O)O)CN2C(=O)OCC2c3ccccc3-c3ccccc32)C1. The summed E-state index contributed by atoms with van der Waals surface area (Å²) in [6, 6.07) is 16.6. The van der Waals surface area contributed by atoms with Crippen molar-refractivity contribution in [1.29, 1.82) is 0 Å². The third-order valence-electron chi connectivity index (χ3n) is 7.80. The minimum atomic E-state index is -0.816. The third kappa shape index (κ3) is 3.68. The van der Waals surface area contributed by atoms with Crippen molar-refractivity contribution in [1.82, 2.24) is 4.90 Å². The van der Waals surface area contributed by atoms with Crippen molar-refractivity contribution in [2.45, 2.75) is 51.5 Å². The van der Waals surface area contributed by atoms with Crippen LogP contribution in [-0.4, -0.2) is 41.3 Å². The van der Waals surface area contributed by atoms with Crippen LogP contribution in [0.4, 0.5) is 4.79 Å². The number of ether oxygens (including phenoxy) is 1. The number of likely N-dealkylation sites (tertiary alicyclic amines) is 1. The Morgan fingerprint density at radius 1 is 1.06 bits per heavy atom. The van der Waals surface area contributed by atoms with E-state index in [9.17, 15) is 14.7 Å². The van der Waals surface area contributed by atoms with E-state index >= 15 is 0 Å². The lowest BCUT2D eigenvalue weighted by Crippen LogP contribution is -2.55. The summed E-state index contributed by atoms with van der Waals surface area (Å²) < 4.78 is 5.90. The van der Waals surface area contributed by atoms with Gasteiger partial charge in [-0.05, 0) is 59.3 Å². The lowest BCUT2D eigenvalue weighted by Gasteiger charge is -2.49. The van der Waals surface area contributed by atoms with E-state index in [0.29, 0.717) is 6.42 Å². The van der Waals surface area contributed by atoms with Crippen LogP contribution in [0, 0.1) is 17.3 Å². The molecule has 2 aromatic carbocycles. The normalized spacial score (nSPS) is 26.1. The predicted molar refractivity (Wildman–Crippen MR) is 122 cm³/mol. The van der Waals surface area contributed by atoms with Crippen LogP contribution in [0.3, 0.4) is 0 Å². The molecule has 0 radical (unpaired) electrons. The molecule has 5 nitrogen and oxygen atoms in total. The second kappa shape index (κ2) is 7.95. The number of amides is 1. The van der Waals surface area contributed by atoms with E-state index in [1.165, 1.54) is 22.3 Å². The van der Waals surface area contributed by atoms with E-state index in [4.69, 9.17) is 4.74 Å². The Hall–Kier alpha value is -2.82. The molecular formula is C27H31NO4. The van der Waals surface area contributed by atoms with E-state index in [1.54, 1.807) is 4.90 Å². The molecule has 3 unspecified atom stereocenters. The molecule has 2 aromatic rings. The first-order chi connectivity index (χ1) is 15.3. The van der Waals surface area contributed by atoms with Crippen molar-refractivity contribution < 1.29 is 19.4 Å². The molecule has 5 heteroatoms. The average Bonchev–Trinajstić information content (AvgIpc) is 3.09. The molecule has 0 bridgehead atoms. The average molecular weight is 434 g/mol. The van der Waals surface area contributed by atoms with Gasteiger partial charge in [0.25, 0.3) is 0 Å². The number of carboxylic acids is 1. The van der Waals surface area contributed by atoms with Gasteiger partial charge in [-0.15, -0.1) is 0 Å². The minimum Gasteiger partial charge on any atom is -0.481 e. The van der Waals surface area contributed by atoms with Crippen LogP contribution in [0.1, 0.15) is 56.6 Å². The summed E-state index contributed by atoms with van der Waals surface area (Å²) >= 11 is 0. The molecule has 168 valence electrons. The molecular weight excluding hydrogens is 402 g/mol. The van der Waals surface area contributed by atoms with Crippen molar-refractivity contribution in [3.8, 4) is 11.1 Å². The van der Waals surface area contributed by atoms with Crippen LogP contribution in [-0.2, 0) is 9.53 Å². The summed E-state index contributed by atoms with van der Waals surface area (Å²) in [5.41, 5.74) is 4.95. The van der Waals surface area contributed by atoms with Crippen molar-refractivity contribution in [3.63, 3.8) is 0 Å². The number of carbonyl (C=O) groups excluding carboxylic acids is 1. The number of carboxylic acid groups (broad SMARTS) is 1. The molecule has 2 fully saturated rings. The summed E-state index contributed by atoms with van der Waals surface area (Å²) in [6.45, 7) is 4.99. The Balaban J connectivity index is 1.35. The maximum Gasteiger partial charge on any atom is 0.410 e. The molecule has 3 atom stereocenters. The smallest absolute Gasteiger partial charge is 0.410 e. The standard InChI is InChI=1S/C27H31NO4/c1-27(2)12-11-24-17(14-27)13-18(25(29)30)15-28(24)26(31)32-16-23-21-9-5-3-7-19(21)20-8-4-6-10-22(20)23/h3-10,17-18,23-24H,11-16H2,1-2H3,(H,29,30). The van der Waals surface area contributed by atoms with Crippen LogP contribution in [0.25, 0.3) is 11.1 Å². The zero-order valence-electron chi connectivity index (χ0n) is 18.8. The lowest BCUT2D eigenvalue weighted by molar-refractivity contribution is -0.146. The number of hydrogen-bond donors (Lipinski definition) is 1. The number of hydrogen-bond acceptors (Lipinski definition) is 3. The van der Waals surface area contributed by atoms with Gasteiger partial charge in [-0.25, -0.2) is 4.79 Å². The quantitative estimate of drug-likeness (QED) is 0.690. The van der Waals surface area contributed by atoms with Crippen molar-refractivity contribution in [2.75, 3.05) is 13.2 Å². The van der Waals surface area contributed by atoms with Crippen LogP contribution in [0.5, 0.6) is 0 Å². The van der Waals surface area contributed by atoms with Gasteiger partial charge in [-0.1, -0.05) is 62.4 Å². The molecule has 3 aliphatic rings. The van der Waals surface area contributed by atoms with Gasteiger partial charge in [0.2, 0.25) is 0 Å². The second-order valence-corrected chi connectivity index (χ2v) is 10.5. The van der Waals surface area contributed by atoms with Crippen molar-refractivity contribution >= 4 is 12.1 Å². The molecule has 0 aromatic heterocycles. The number of benzene rings is 2. The van der Waals surface area contributed by atoms with Crippen molar-refractivity contribution in [3.05, 3.63) is 59.7 Å². The Morgan fingerprint density at radius 2 is 1.69 bits per heavy atom. The topological polar surface area (TPSA) is 66.8 Å². The minimum absolute atomic E-state index is 0.00694. The van der Waals surface area contributed by atoms with Gasteiger partial charge in [0, 0.05) is 18.5 Å². The largest absolute Gasteiger partial charge is 0.481 e. The summed E-state index contributed by atoms with van der Waals surface area (Å²) in [7, 11) is 0. The van der Waals surface area contributed by atoms with E-state index < -0.39 is 11.9 Å². The highest BCUT2D eigenvalue weighted by atomic mass is 16.6. The van der Waals surface area contributed by atoms with E-state index in [1.807, 2.05) is 24.3 Å².